The second kappa shape index (κ2) is 8.50. The first kappa shape index (κ1) is 15.6. The maximum Gasteiger partial charge on any atom is 0.125 e. The number of halogens is 1. The van der Waals surface area contributed by atoms with Crippen LogP contribution >= 0.6 is 11.6 Å². The van der Waals surface area contributed by atoms with Gasteiger partial charge >= 0.3 is 0 Å². The molecular formula is C16H25ClN2O. The lowest BCUT2D eigenvalue weighted by molar-refractivity contribution is 0.261. The first-order chi connectivity index (χ1) is 9.81. The van der Waals surface area contributed by atoms with Gasteiger partial charge in [0.15, 0.2) is 0 Å². The Kier molecular flexibility index (Phi) is 6.64. The largest absolute Gasteiger partial charge is 0.493 e. The van der Waals surface area contributed by atoms with Crippen molar-refractivity contribution in [2.45, 2.75) is 32.7 Å². The van der Waals surface area contributed by atoms with E-state index in [1.807, 2.05) is 18.2 Å². The highest BCUT2D eigenvalue weighted by Gasteiger charge is 2.11. The number of likely N-dealkylation sites (tertiary alicyclic amines) is 1. The van der Waals surface area contributed by atoms with E-state index < -0.39 is 0 Å². The molecule has 0 unspecified atom stereocenters. The average Bonchev–Trinajstić information content (AvgIpc) is 2.96. The molecule has 1 aliphatic rings. The third kappa shape index (κ3) is 4.65. The van der Waals surface area contributed by atoms with Crippen LogP contribution in [0.1, 0.15) is 31.7 Å². The van der Waals surface area contributed by atoms with Crippen molar-refractivity contribution in [1.29, 1.82) is 0 Å². The van der Waals surface area contributed by atoms with Crippen LogP contribution in [0, 0.1) is 0 Å². The van der Waals surface area contributed by atoms with Crippen LogP contribution in [0.15, 0.2) is 18.2 Å². The molecule has 0 aromatic heterocycles. The van der Waals surface area contributed by atoms with E-state index in [-0.39, 0.29) is 0 Å². The predicted molar refractivity (Wildman–Crippen MR) is 84.6 cm³/mol. The van der Waals surface area contributed by atoms with Gasteiger partial charge in [-0.2, -0.15) is 0 Å². The molecule has 0 saturated carbocycles. The minimum absolute atomic E-state index is 0.760. The molecule has 0 aliphatic carbocycles. The summed E-state index contributed by atoms with van der Waals surface area (Å²) >= 11 is 6.25. The molecule has 1 aliphatic heterocycles. The molecule has 0 atom stereocenters. The molecule has 0 bridgehead atoms. The lowest BCUT2D eigenvalue weighted by Crippen LogP contribution is -2.22. The van der Waals surface area contributed by atoms with E-state index >= 15 is 0 Å². The summed E-state index contributed by atoms with van der Waals surface area (Å²) < 4.78 is 5.92. The zero-order chi connectivity index (χ0) is 14.2. The smallest absolute Gasteiger partial charge is 0.125 e. The summed E-state index contributed by atoms with van der Waals surface area (Å²) in [5.74, 6) is 0.917. The van der Waals surface area contributed by atoms with Crippen molar-refractivity contribution in [2.75, 3.05) is 32.8 Å². The van der Waals surface area contributed by atoms with Crippen molar-refractivity contribution in [2.24, 2.45) is 0 Å². The molecule has 2 rings (SSSR count). The van der Waals surface area contributed by atoms with Crippen LogP contribution in [0.2, 0.25) is 5.02 Å². The molecule has 1 fully saturated rings. The fraction of sp³-hybridized carbons (Fsp3) is 0.625. The van der Waals surface area contributed by atoms with Gasteiger partial charge in [0.1, 0.15) is 5.75 Å². The summed E-state index contributed by atoms with van der Waals surface area (Å²) in [5.41, 5.74) is 1.07. The van der Waals surface area contributed by atoms with Gasteiger partial charge in [-0.15, -0.1) is 0 Å². The monoisotopic (exact) mass is 296 g/mol. The van der Waals surface area contributed by atoms with Crippen LogP contribution in [-0.2, 0) is 6.54 Å². The molecule has 0 spiro atoms. The van der Waals surface area contributed by atoms with Crippen LogP contribution in [0.25, 0.3) is 0 Å². The summed E-state index contributed by atoms with van der Waals surface area (Å²) in [5, 5.41) is 4.09. The van der Waals surface area contributed by atoms with E-state index in [1.54, 1.807) is 0 Å². The predicted octanol–water partition coefficient (Wildman–Crippen LogP) is 3.31. The quantitative estimate of drug-likeness (QED) is 0.745. The van der Waals surface area contributed by atoms with Gasteiger partial charge in [-0.3, -0.25) is 0 Å². The summed E-state index contributed by atoms with van der Waals surface area (Å²) in [6.07, 6.45) is 3.77. The van der Waals surface area contributed by atoms with E-state index in [4.69, 9.17) is 16.3 Å². The minimum atomic E-state index is 0.760. The Bertz CT molecular complexity index is 405. The van der Waals surface area contributed by atoms with Crippen molar-refractivity contribution in [3.05, 3.63) is 28.8 Å². The fourth-order valence-electron chi connectivity index (χ4n) is 2.57. The molecule has 20 heavy (non-hydrogen) atoms. The van der Waals surface area contributed by atoms with Crippen LogP contribution in [0.5, 0.6) is 5.75 Å². The third-order valence-electron chi connectivity index (χ3n) is 3.70. The molecule has 0 radical (unpaired) electrons. The summed E-state index contributed by atoms with van der Waals surface area (Å²) in [6.45, 7) is 8.19. The highest BCUT2D eigenvalue weighted by Crippen LogP contribution is 2.26. The number of ether oxygens (including phenoxy) is 1. The van der Waals surface area contributed by atoms with E-state index in [1.165, 1.54) is 25.9 Å². The molecule has 4 heteroatoms. The van der Waals surface area contributed by atoms with Crippen molar-refractivity contribution in [3.63, 3.8) is 0 Å². The maximum absolute atomic E-state index is 6.25. The topological polar surface area (TPSA) is 24.5 Å². The summed E-state index contributed by atoms with van der Waals surface area (Å²) in [7, 11) is 0. The van der Waals surface area contributed by atoms with E-state index in [0.717, 1.165) is 49.0 Å². The fourth-order valence-corrected chi connectivity index (χ4v) is 2.80. The first-order valence-electron chi connectivity index (χ1n) is 7.64. The molecule has 1 aromatic carbocycles. The van der Waals surface area contributed by atoms with Crippen LogP contribution < -0.4 is 10.1 Å². The van der Waals surface area contributed by atoms with Crippen molar-refractivity contribution < 1.29 is 4.74 Å². The molecule has 1 heterocycles. The average molecular weight is 297 g/mol. The third-order valence-corrected chi connectivity index (χ3v) is 4.06. The minimum Gasteiger partial charge on any atom is -0.493 e. The highest BCUT2D eigenvalue weighted by molar-refractivity contribution is 6.31. The van der Waals surface area contributed by atoms with Crippen LogP contribution in [0.4, 0.5) is 0 Å². The van der Waals surface area contributed by atoms with Crippen molar-refractivity contribution in [3.8, 4) is 5.75 Å². The maximum atomic E-state index is 6.25. The number of benzene rings is 1. The van der Waals surface area contributed by atoms with Gasteiger partial charge in [0.2, 0.25) is 0 Å². The summed E-state index contributed by atoms with van der Waals surface area (Å²) in [6, 6.07) is 5.88. The molecule has 0 amide bonds. The zero-order valence-corrected chi connectivity index (χ0v) is 13.1. The number of hydrogen-bond donors (Lipinski definition) is 1. The number of rotatable bonds is 8. The molecule has 1 aromatic rings. The van der Waals surface area contributed by atoms with Gasteiger partial charge in [-0.05, 0) is 51.0 Å². The highest BCUT2D eigenvalue weighted by atomic mass is 35.5. The van der Waals surface area contributed by atoms with Crippen LogP contribution in [-0.4, -0.2) is 37.7 Å². The Hall–Kier alpha value is -0.770. The number of nitrogens with zero attached hydrogens (tertiary/aromatic N) is 1. The Morgan fingerprint density at radius 3 is 2.85 bits per heavy atom. The number of hydrogen-bond acceptors (Lipinski definition) is 3. The molecule has 3 nitrogen and oxygen atoms in total. The first-order valence-corrected chi connectivity index (χ1v) is 8.02. The van der Waals surface area contributed by atoms with E-state index in [0.29, 0.717) is 0 Å². The van der Waals surface area contributed by atoms with Gasteiger partial charge in [-0.1, -0.05) is 24.6 Å². The summed E-state index contributed by atoms with van der Waals surface area (Å²) in [4.78, 5) is 2.51. The molecule has 1 N–H and O–H groups in total. The molecule has 112 valence electrons. The van der Waals surface area contributed by atoms with Crippen LogP contribution in [0.3, 0.4) is 0 Å². The van der Waals surface area contributed by atoms with E-state index in [2.05, 4.69) is 17.1 Å². The second-order valence-electron chi connectivity index (χ2n) is 5.25. The van der Waals surface area contributed by atoms with Gasteiger partial charge in [0.25, 0.3) is 0 Å². The van der Waals surface area contributed by atoms with Crippen molar-refractivity contribution >= 4 is 11.6 Å². The SMILES string of the molecule is CCNCc1c(Cl)cccc1OCCCN1CCCC1. The van der Waals surface area contributed by atoms with Gasteiger partial charge in [0.05, 0.1) is 6.61 Å². The van der Waals surface area contributed by atoms with Gasteiger partial charge in [0, 0.05) is 23.7 Å². The number of nitrogens with one attached hydrogen (secondary N) is 1. The normalized spacial score (nSPS) is 15.7. The Morgan fingerprint density at radius 1 is 1.30 bits per heavy atom. The Morgan fingerprint density at radius 2 is 2.10 bits per heavy atom. The second-order valence-corrected chi connectivity index (χ2v) is 5.65. The Labute approximate surface area is 127 Å². The zero-order valence-electron chi connectivity index (χ0n) is 12.3. The molecular weight excluding hydrogens is 272 g/mol. The molecule has 1 saturated heterocycles. The van der Waals surface area contributed by atoms with Gasteiger partial charge in [-0.25, -0.2) is 0 Å². The lowest BCUT2D eigenvalue weighted by Gasteiger charge is -2.16. The standard InChI is InChI=1S/C16H25ClN2O/c1-2-18-13-14-15(17)7-5-8-16(14)20-12-6-11-19-9-3-4-10-19/h5,7-8,18H,2-4,6,9-13H2,1H3. The van der Waals surface area contributed by atoms with Gasteiger partial charge < -0.3 is 15.0 Å². The lowest BCUT2D eigenvalue weighted by atomic mass is 10.2. The Balaban J connectivity index is 1.80. The van der Waals surface area contributed by atoms with E-state index in [9.17, 15) is 0 Å². The van der Waals surface area contributed by atoms with Crippen molar-refractivity contribution in [1.82, 2.24) is 10.2 Å².